The largest absolute Gasteiger partial charge is 0.454 e. The summed E-state index contributed by atoms with van der Waals surface area (Å²) in [5, 5.41) is 9.08. The van der Waals surface area contributed by atoms with Crippen LogP contribution >= 0.6 is 11.3 Å². The highest BCUT2D eigenvalue weighted by Crippen LogP contribution is 2.36. The summed E-state index contributed by atoms with van der Waals surface area (Å²) in [7, 11) is 0. The van der Waals surface area contributed by atoms with Gasteiger partial charge in [-0.05, 0) is 25.1 Å². The molecular weight excluding hydrogens is 330 g/mol. The first kappa shape index (κ1) is 14.7. The van der Waals surface area contributed by atoms with Crippen molar-refractivity contribution < 1.29 is 18.8 Å². The molecule has 1 aliphatic rings. The standard InChI is InChI=1S/C16H13N3O4S/c1-9-4-11(19-23-9)6-17-15(20)12-7-24-16(18-12)10-2-3-13-14(5-10)22-8-21-13/h2-5,7H,6,8H2,1H3,(H,17,20). The number of hydrogen-bond donors (Lipinski definition) is 1. The number of aryl methyl sites for hydroxylation is 1. The van der Waals surface area contributed by atoms with Crippen LogP contribution in [-0.2, 0) is 6.54 Å². The van der Waals surface area contributed by atoms with Gasteiger partial charge in [0.25, 0.3) is 5.91 Å². The fraction of sp³-hybridized carbons (Fsp3) is 0.188. The van der Waals surface area contributed by atoms with Gasteiger partial charge in [-0.25, -0.2) is 4.98 Å². The van der Waals surface area contributed by atoms with Crippen LogP contribution in [0.1, 0.15) is 21.9 Å². The van der Waals surface area contributed by atoms with Gasteiger partial charge in [-0.2, -0.15) is 0 Å². The Morgan fingerprint density at radius 1 is 1.29 bits per heavy atom. The zero-order valence-corrected chi connectivity index (χ0v) is 13.6. The van der Waals surface area contributed by atoms with E-state index in [0.29, 0.717) is 29.4 Å². The molecule has 1 N–H and O–H groups in total. The molecular formula is C16H13N3O4S. The summed E-state index contributed by atoms with van der Waals surface area (Å²) >= 11 is 1.40. The first-order valence-corrected chi connectivity index (χ1v) is 8.13. The van der Waals surface area contributed by atoms with Crippen LogP contribution in [0.3, 0.4) is 0 Å². The minimum Gasteiger partial charge on any atom is -0.454 e. The zero-order valence-electron chi connectivity index (χ0n) is 12.7. The van der Waals surface area contributed by atoms with E-state index in [-0.39, 0.29) is 12.7 Å². The molecule has 0 spiro atoms. The van der Waals surface area contributed by atoms with Crippen molar-refractivity contribution in [2.75, 3.05) is 6.79 Å². The van der Waals surface area contributed by atoms with Crippen LogP contribution in [0.2, 0.25) is 0 Å². The summed E-state index contributed by atoms with van der Waals surface area (Å²) < 4.78 is 15.6. The third-order valence-electron chi connectivity index (χ3n) is 3.46. The van der Waals surface area contributed by atoms with E-state index in [2.05, 4.69) is 15.5 Å². The van der Waals surface area contributed by atoms with Gasteiger partial charge < -0.3 is 19.3 Å². The van der Waals surface area contributed by atoms with E-state index in [1.54, 1.807) is 18.4 Å². The molecule has 122 valence electrons. The van der Waals surface area contributed by atoms with E-state index in [4.69, 9.17) is 14.0 Å². The van der Waals surface area contributed by atoms with Crippen molar-refractivity contribution in [1.29, 1.82) is 0 Å². The van der Waals surface area contributed by atoms with E-state index in [1.165, 1.54) is 11.3 Å². The first-order chi connectivity index (χ1) is 11.7. The molecule has 0 unspecified atom stereocenters. The lowest BCUT2D eigenvalue weighted by Gasteiger charge is -2.00. The Kier molecular flexibility index (Phi) is 3.66. The Morgan fingerprint density at radius 2 is 2.17 bits per heavy atom. The lowest BCUT2D eigenvalue weighted by molar-refractivity contribution is 0.0946. The van der Waals surface area contributed by atoms with Crippen LogP contribution in [0.5, 0.6) is 11.5 Å². The Hall–Kier alpha value is -2.87. The van der Waals surface area contributed by atoms with E-state index < -0.39 is 0 Å². The van der Waals surface area contributed by atoms with Crippen LogP contribution in [0, 0.1) is 6.92 Å². The molecule has 1 aromatic carbocycles. The molecule has 0 aliphatic carbocycles. The van der Waals surface area contributed by atoms with Crippen molar-refractivity contribution in [3.63, 3.8) is 0 Å². The Morgan fingerprint density at radius 3 is 3.00 bits per heavy atom. The normalized spacial score (nSPS) is 12.4. The van der Waals surface area contributed by atoms with Gasteiger partial charge in [-0.15, -0.1) is 11.3 Å². The van der Waals surface area contributed by atoms with E-state index in [0.717, 1.165) is 16.3 Å². The zero-order chi connectivity index (χ0) is 16.5. The summed E-state index contributed by atoms with van der Waals surface area (Å²) in [5.74, 6) is 1.86. The van der Waals surface area contributed by atoms with Crippen molar-refractivity contribution in [2.24, 2.45) is 0 Å². The van der Waals surface area contributed by atoms with E-state index in [9.17, 15) is 4.79 Å². The number of carbonyl (C=O) groups is 1. The lowest BCUT2D eigenvalue weighted by Crippen LogP contribution is -2.23. The molecule has 3 heterocycles. The number of benzene rings is 1. The second-order valence-electron chi connectivity index (χ2n) is 5.22. The number of rotatable bonds is 4. The minimum absolute atomic E-state index is 0.228. The van der Waals surface area contributed by atoms with Gasteiger partial charge in [-0.1, -0.05) is 5.16 Å². The lowest BCUT2D eigenvalue weighted by atomic mass is 10.2. The van der Waals surface area contributed by atoms with Crippen molar-refractivity contribution in [3.8, 4) is 22.1 Å². The minimum atomic E-state index is -0.251. The summed E-state index contributed by atoms with van der Waals surface area (Å²) in [6.07, 6.45) is 0. The molecule has 0 radical (unpaired) electrons. The van der Waals surface area contributed by atoms with Gasteiger partial charge in [-0.3, -0.25) is 4.79 Å². The predicted octanol–water partition coefficient (Wildman–Crippen LogP) is 2.77. The summed E-state index contributed by atoms with van der Waals surface area (Å²) in [4.78, 5) is 16.6. The highest BCUT2D eigenvalue weighted by atomic mass is 32.1. The number of fused-ring (bicyclic) bond motifs is 1. The second kappa shape index (κ2) is 5.97. The fourth-order valence-corrected chi connectivity index (χ4v) is 3.10. The molecule has 8 heteroatoms. The smallest absolute Gasteiger partial charge is 0.271 e. The monoisotopic (exact) mass is 343 g/mol. The molecule has 0 bridgehead atoms. The number of ether oxygens (including phenoxy) is 2. The van der Waals surface area contributed by atoms with E-state index in [1.807, 2.05) is 18.2 Å². The third-order valence-corrected chi connectivity index (χ3v) is 4.35. The molecule has 7 nitrogen and oxygen atoms in total. The van der Waals surface area contributed by atoms with Crippen LogP contribution in [0.15, 0.2) is 34.2 Å². The maximum Gasteiger partial charge on any atom is 0.271 e. The maximum atomic E-state index is 12.2. The number of carbonyl (C=O) groups excluding carboxylic acids is 1. The number of aromatic nitrogens is 2. The number of nitrogens with zero attached hydrogens (tertiary/aromatic N) is 2. The Balaban J connectivity index is 1.47. The molecule has 0 saturated carbocycles. The quantitative estimate of drug-likeness (QED) is 0.784. The number of nitrogens with one attached hydrogen (secondary N) is 1. The van der Waals surface area contributed by atoms with Gasteiger partial charge in [0.15, 0.2) is 11.5 Å². The molecule has 0 saturated heterocycles. The topological polar surface area (TPSA) is 86.5 Å². The molecule has 1 aliphatic heterocycles. The fourth-order valence-electron chi connectivity index (χ4n) is 2.30. The SMILES string of the molecule is Cc1cc(CNC(=O)c2csc(-c3ccc4c(c3)OCO4)n2)no1. The van der Waals surface area contributed by atoms with Gasteiger partial charge in [0.05, 0.1) is 6.54 Å². The van der Waals surface area contributed by atoms with Gasteiger partial charge in [0, 0.05) is 17.0 Å². The molecule has 4 rings (SSSR count). The van der Waals surface area contributed by atoms with Gasteiger partial charge >= 0.3 is 0 Å². The van der Waals surface area contributed by atoms with Crippen molar-refractivity contribution in [3.05, 3.63) is 46.8 Å². The summed E-state index contributed by atoms with van der Waals surface area (Å²) in [5.41, 5.74) is 1.93. The molecule has 0 fully saturated rings. The van der Waals surface area contributed by atoms with Crippen LogP contribution in [0.4, 0.5) is 0 Å². The number of hydrogen-bond acceptors (Lipinski definition) is 7. The second-order valence-corrected chi connectivity index (χ2v) is 6.08. The van der Waals surface area contributed by atoms with E-state index >= 15 is 0 Å². The van der Waals surface area contributed by atoms with Crippen molar-refractivity contribution in [1.82, 2.24) is 15.5 Å². The summed E-state index contributed by atoms with van der Waals surface area (Å²) in [6.45, 7) is 2.33. The first-order valence-electron chi connectivity index (χ1n) is 7.25. The Bertz CT molecular complexity index is 902. The van der Waals surface area contributed by atoms with Crippen molar-refractivity contribution in [2.45, 2.75) is 13.5 Å². The Labute approximate surface area is 141 Å². The maximum absolute atomic E-state index is 12.2. The van der Waals surface area contributed by atoms with Gasteiger partial charge in [0.2, 0.25) is 6.79 Å². The molecule has 0 atom stereocenters. The molecule has 3 aromatic rings. The number of amides is 1. The molecule has 24 heavy (non-hydrogen) atoms. The third kappa shape index (κ3) is 2.83. The number of thiazole rings is 1. The van der Waals surface area contributed by atoms with Crippen LogP contribution in [-0.4, -0.2) is 22.8 Å². The predicted molar refractivity (Wildman–Crippen MR) is 86.1 cm³/mol. The molecule has 1 amide bonds. The summed E-state index contributed by atoms with van der Waals surface area (Å²) in [6, 6.07) is 7.37. The van der Waals surface area contributed by atoms with Crippen LogP contribution in [0.25, 0.3) is 10.6 Å². The highest BCUT2D eigenvalue weighted by molar-refractivity contribution is 7.13. The van der Waals surface area contributed by atoms with Crippen LogP contribution < -0.4 is 14.8 Å². The van der Waals surface area contributed by atoms with Gasteiger partial charge in [0.1, 0.15) is 22.2 Å². The average molecular weight is 343 g/mol. The average Bonchev–Trinajstić information content (AvgIpc) is 3.32. The highest BCUT2D eigenvalue weighted by Gasteiger charge is 2.17. The molecule has 2 aromatic heterocycles. The van der Waals surface area contributed by atoms with Crippen molar-refractivity contribution >= 4 is 17.2 Å².